The maximum Gasteiger partial charge on any atom is 0.477 e. The van der Waals surface area contributed by atoms with Gasteiger partial charge >= 0.3 is 13.1 Å². The number of carbonyl (C=O) groups excluding carboxylic acids is 1. The van der Waals surface area contributed by atoms with Gasteiger partial charge in [0, 0.05) is 0 Å². The SMILES string of the molecule is CC(C)(C)OC(=O)C[C@H](CC[C@H](NS(=O)(=O)c1ccccc1)B1O[C@@H]2C[C@@H]3C[C@@H](C3(C)C)[C@]2(C)O1)O[Si](C)(C)C(C)(C)C. The third-order valence-corrected chi connectivity index (χ3v) is 16.6. The molecule has 0 amide bonds. The van der Waals surface area contributed by atoms with E-state index in [4.69, 9.17) is 18.5 Å². The highest BCUT2D eigenvalue weighted by Gasteiger charge is 2.68. The van der Waals surface area contributed by atoms with Crippen LogP contribution in [0.3, 0.4) is 0 Å². The largest absolute Gasteiger partial charge is 0.477 e. The molecule has 1 aliphatic heterocycles. The minimum atomic E-state index is -3.86. The third kappa shape index (κ3) is 7.43. The molecule has 5 rings (SSSR count). The first-order valence-electron chi connectivity index (χ1n) is 15.9. The Kier molecular flexibility index (Phi) is 9.54. The zero-order valence-corrected chi connectivity index (χ0v) is 30.0. The fourth-order valence-corrected chi connectivity index (χ4v) is 9.59. The van der Waals surface area contributed by atoms with Crippen LogP contribution < -0.4 is 4.72 Å². The number of esters is 1. The van der Waals surface area contributed by atoms with Crippen LogP contribution >= 0.6 is 0 Å². The molecule has 4 fully saturated rings. The number of ether oxygens (including phenoxy) is 1. The first-order valence-corrected chi connectivity index (χ1v) is 20.2. The topological polar surface area (TPSA) is 100 Å². The molecule has 4 aliphatic rings. The molecule has 2 bridgehead atoms. The second-order valence-corrected chi connectivity index (χ2v) is 22.7. The predicted molar refractivity (Wildman–Crippen MR) is 172 cm³/mol. The summed E-state index contributed by atoms with van der Waals surface area (Å²) in [5.74, 6) is -0.0702. The lowest BCUT2D eigenvalue weighted by Crippen LogP contribution is -2.65. The van der Waals surface area contributed by atoms with Crippen LogP contribution in [0, 0.1) is 17.3 Å². The molecule has 1 aromatic carbocycles. The van der Waals surface area contributed by atoms with Gasteiger partial charge in [0.05, 0.1) is 35.1 Å². The van der Waals surface area contributed by atoms with Crippen molar-refractivity contribution in [3.05, 3.63) is 30.3 Å². The van der Waals surface area contributed by atoms with Crippen LogP contribution in [-0.2, 0) is 33.3 Å². The van der Waals surface area contributed by atoms with Crippen molar-refractivity contribution < 1.29 is 31.7 Å². The lowest BCUT2D eigenvalue weighted by molar-refractivity contribution is -0.199. The van der Waals surface area contributed by atoms with Crippen molar-refractivity contribution in [1.29, 1.82) is 0 Å². The van der Waals surface area contributed by atoms with Crippen LogP contribution in [0.5, 0.6) is 0 Å². The summed E-state index contributed by atoms with van der Waals surface area (Å²) in [6.45, 7) is 23.1. The summed E-state index contributed by atoms with van der Waals surface area (Å²) in [5, 5.41) is -0.0664. The molecule has 1 N–H and O–H groups in total. The number of carbonyl (C=O) groups is 1. The van der Waals surface area contributed by atoms with Crippen molar-refractivity contribution in [3.63, 3.8) is 0 Å². The van der Waals surface area contributed by atoms with E-state index in [1.807, 2.05) is 20.8 Å². The lowest BCUT2D eigenvalue weighted by atomic mass is 9.43. The molecule has 8 nitrogen and oxygen atoms in total. The van der Waals surface area contributed by atoms with Gasteiger partial charge in [0.15, 0.2) is 8.32 Å². The highest BCUT2D eigenvalue weighted by Crippen LogP contribution is 2.65. The minimum absolute atomic E-state index is 0.0664. The average Bonchev–Trinajstić information content (AvgIpc) is 3.22. The molecule has 1 heterocycles. The summed E-state index contributed by atoms with van der Waals surface area (Å²) < 4.78 is 55.8. The van der Waals surface area contributed by atoms with Crippen molar-refractivity contribution in [1.82, 2.24) is 4.72 Å². The van der Waals surface area contributed by atoms with Gasteiger partial charge in [-0.15, -0.1) is 0 Å². The third-order valence-electron chi connectivity index (χ3n) is 10.5. The molecule has 6 atom stereocenters. The average molecular weight is 636 g/mol. The summed E-state index contributed by atoms with van der Waals surface area (Å²) in [4.78, 5) is 13.2. The van der Waals surface area contributed by atoms with Gasteiger partial charge in [-0.1, -0.05) is 52.8 Å². The van der Waals surface area contributed by atoms with E-state index in [1.165, 1.54) is 0 Å². The van der Waals surface area contributed by atoms with Gasteiger partial charge < -0.3 is 18.5 Å². The van der Waals surface area contributed by atoms with Gasteiger partial charge in [-0.2, -0.15) is 0 Å². The van der Waals surface area contributed by atoms with Crippen LogP contribution in [0.1, 0.15) is 94.4 Å². The van der Waals surface area contributed by atoms with E-state index in [2.05, 4.69) is 59.4 Å². The molecule has 0 aromatic heterocycles. The van der Waals surface area contributed by atoms with E-state index in [9.17, 15) is 13.2 Å². The molecule has 43 heavy (non-hydrogen) atoms. The van der Waals surface area contributed by atoms with E-state index >= 15 is 0 Å². The zero-order valence-electron chi connectivity index (χ0n) is 28.2. The van der Waals surface area contributed by atoms with Gasteiger partial charge in [0.2, 0.25) is 10.0 Å². The number of hydrogen-bond donors (Lipinski definition) is 1. The number of rotatable bonds is 11. The van der Waals surface area contributed by atoms with Gasteiger partial charge in [-0.25, -0.2) is 13.1 Å². The molecular weight excluding hydrogens is 581 g/mol. The molecular formula is C32H54BNO7SSi. The van der Waals surface area contributed by atoms with Crippen molar-refractivity contribution >= 4 is 31.4 Å². The van der Waals surface area contributed by atoms with E-state index in [0.717, 1.165) is 12.8 Å². The standard InChI is InChI=1S/C32H54BNO7SSi/c1-29(2,3)38-28(35)21-23(40-43(10,11)30(4,5)6)17-18-27(34-42(36,37)24-15-13-12-14-16-24)33-39-26-20-22-19-25(31(22,7)8)32(26,9)41-33/h12-16,22-23,25-27,34H,17-21H2,1-11H3/t22-,23-,25-,26+,27-,32-/m0/s1. The van der Waals surface area contributed by atoms with Gasteiger partial charge in [0.25, 0.3) is 0 Å². The van der Waals surface area contributed by atoms with Crippen LogP contribution in [0.4, 0.5) is 0 Å². The first kappa shape index (κ1) is 34.6. The Bertz CT molecular complexity index is 1260. The summed E-state index contributed by atoms with van der Waals surface area (Å²) >= 11 is 0. The molecule has 0 radical (unpaired) electrons. The smallest absolute Gasteiger partial charge is 0.460 e. The lowest BCUT2D eigenvalue weighted by Gasteiger charge is -2.64. The Morgan fingerprint density at radius 3 is 2.26 bits per heavy atom. The Balaban J connectivity index is 1.59. The molecule has 11 heteroatoms. The number of sulfonamides is 1. The summed E-state index contributed by atoms with van der Waals surface area (Å²) in [6.07, 6.45) is 2.39. The minimum Gasteiger partial charge on any atom is -0.460 e. The van der Waals surface area contributed by atoms with Crippen molar-refractivity contribution in [2.24, 2.45) is 17.3 Å². The first-order chi connectivity index (χ1) is 19.6. The van der Waals surface area contributed by atoms with Crippen molar-refractivity contribution in [2.75, 3.05) is 0 Å². The molecule has 1 saturated heterocycles. The van der Waals surface area contributed by atoms with Gasteiger partial charge in [-0.3, -0.25) is 4.79 Å². The molecule has 0 spiro atoms. The van der Waals surface area contributed by atoms with Crippen molar-refractivity contribution in [3.8, 4) is 0 Å². The fourth-order valence-electron chi connectivity index (χ4n) is 6.92. The van der Waals surface area contributed by atoms with Gasteiger partial charge in [-0.05, 0) is 101 Å². The zero-order chi connectivity index (χ0) is 32.2. The summed E-state index contributed by atoms with van der Waals surface area (Å²) in [6, 6.07) is 8.38. The second-order valence-electron chi connectivity index (χ2n) is 16.2. The van der Waals surface area contributed by atoms with Crippen LogP contribution in [0.2, 0.25) is 18.1 Å². The molecule has 242 valence electrons. The number of hydrogen-bond acceptors (Lipinski definition) is 7. The Hall–Kier alpha value is -1.24. The highest BCUT2D eigenvalue weighted by molar-refractivity contribution is 7.89. The monoisotopic (exact) mass is 635 g/mol. The van der Waals surface area contributed by atoms with Crippen LogP contribution in [0.15, 0.2) is 35.2 Å². The summed E-state index contributed by atoms with van der Waals surface area (Å²) in [7, 11) is -6.88. The summed E-state index contributed by atoms with van der Waals surface area (Å²) in [5.41, 5.74) is -0.927. The molecule has 1 aromatic rings. The van der Waals surface area contributed by atoms with E-state index in [0.29, 0.717) is 24.7 Å². The Morgan fingerprint density at radius 2 is 1.70 bits per heavy atom. The van der Waals surface area contributed by atoms with E-state index < -0.39 is 48.7 Å². The molecule has 3 aliphatic carbocycles. The predicted octanol–water partition coefficient (Wildman–Crippen LogP) is 6.50. The van der Waals surface area contributed by atoms with Gasteiger partial charge in [0.1, 0.15) is 5.60 Å². The maximum atomic E-state index is 13.6. The van der Waals surface area contributed by atoms with E-state index in [1.54, 1.807) is 30.3 Å². The quantitative estimate of drug-likeness (QED) is 0.219. The Labute approximate surface area is 261 Å². The number of benzene rings is 1. The van der Waals surface area contributed by atoms with Crippen molar-refractivity contribution in [2.45, 2.75) is 147 Å². The van der Waals surface area contributed by atoms with Crippen LogP contribution in [0.25, 0.3) is 0 Å². The Morgan fingerprint density at radius 1 is 1.07 bits per heavy atom. The highest BCUT2D eigenvalue weighted by atomic mass is 32.2. The van der Waals surface area contributed by atoms with Crippen LogP contribution in [-0.4, -0.2) is 59.2 Å². The molecule has 0 unspecified atom stereocenters. The maximum absolute atomic E-state index is 13.6. The fraction of sp³-hybridized carbons (Fsp3) is 0.781. The number of nitrogens with one attached hydrogen (secondary N) is 1. The van der Waals surface area contributed by atoms with E-state index in [-0.39, 0.29) is 33.8 Å². The normalized spacial score (nSPS) is 28.5. The molecule has 3 saturated carbocycles. The second kappa shape index (κ2) is 11.8.